The first kappa shape index (κ1) is 23.1. The summed E-state index contributed by atoms with van der Waals surface area (Å²) in [5.74, 6) is 3.98. The van der Waals surface area contributed by atoms with Crippen LogP contribution in [-0.4, -0.2) is 44.4 Å². The zero-order valence-corrected chi connectivity index (χ0v) is 18.8. The second-order valence-corrected chi connectivity index (χ2v) is 9.51. The maximum Gasteiger partial charge on any atom is 2.00 e. The van der Waals surface area contributed by atoms with Gasteiger partial charge in [0, 0.05) is 12.4 Å². The number of hydrogen-bond acceptors (Lipinski definition) is 3. The standard InChI is InChI=1S/C18H27BNO2.C5H5.Fe/c1-17(2)13-9-15(17)18(3)16(10-13)21-19(22-18)14-8-6-7-12(14)11-20(4)5;1-2-4-5-3-1;/h6-8,13,15-16H,9-11H2,1-5H3;1-5H;/q;;+2/t13-,15-,16+,18-;;/m0../s1. The van der Waals surface area contributed by atoms with Crippen LogP contribution in [0.25, 0.3) is 0 Å². The van der Waals surface area contributed by atoms with E-state index in [1.807, 2.05) is 32.1 Å². The molecule has 0 amide bonds. The fourth-order valence-electron chi connectivity index (χ4n) is 5.51. The SMILES string of the molecule is CN(C)C[C]1[CH][CH][CH][C]1B1O[C@@H]2C[C@@H]3C[C@@H](C3(C)C)[C@]2(C)O1.[CH]1[CH][CH][CH][CH]1.[Fe+2]. The molecule has 0 N–H and O–H groups in total. The molecule has 0 aromatic carbocycles. The van der Waals surface area contributed by atoms with E-state index in [9.17, 15) is 0 Å². The summed E-state index contributed by atoms with van der Waals surface area (Å²) in [5, 5.41) is 0. The van der Waals surface area contributed by atoms with E-state index in [1.165, 1.54) is 18.2 Å². The maximum absolute atomic E-state index is 6.56. The van der Waals surface area contributed by atoms with Crippen LogP contribution < -0.4 is 0 Å². The summed E-state index contributed by atoms with van der Waals surface area (Å²) in [6, 6.07) is 0. The predicted octanol–water partition coefficient (Wildman–Crippen LogP) is 3.61. The van der Waals surface area contributed by atoms with Gasteiger partial charge in [-0.3, -0.25) is 0 Å². The Morgan fingerprint density at radius 2 is 1.64 bits per heavy atom. The van der Waals surface area contributed by atoms with E-state index in [0.29, 0.717) is 11.3 Å². The van der Waals surface area contributed by atoms with E-state index >= 15 is 0 Å². The van der Waals surface area contributed by atoms with Gasteiger partial charge in [-0.1, -0.05) is 13.8 Å². The molecule has 1 aliphatic heterocycles. The van der Waals surface area contributed by atoms with Gasteiger partial charge in [0.05, 0.1) is 11.7 Å². The Morgan fingerprint density at radius 1 is 1.00 bits per heavy atom. The van der Waals surface area contributed by atoms with Crippen LogP contribution in [0.4, 0.5) is 0 Å². The molecule has 0 aromatic rings. The fourth-order valence-corrected chi connectivity index (χ4v) is 5.51. The zero-order valence-electron chi connectivity index (χ0n) is 17.7. The van der Waals surface area contributed by atoms with Crippen LogP contribution in [-0.2, 0) is 26.4 Å². The first-order valence-corrected chi connectivity index (χ1v) is 10.2. The molecule has 1 saturated heterocycles. The molecular weight excluding hydrogens is 389 g/mol. The van der Waals surface area contributed by atoms with E-state index in [0.717, 1.165) is 18.9 Å². The minimum Gasteiger partial charge on any atom is -0.405 e. The van der Waals surface area contributed by atoms with Crippen molar-refractivity contribution in [3.63, 3.8) is 0 Å². The molecule has 6 rings (SSSR count). The van der Waals surface area contributed by atoms with Crippen molar-refractivity contribution >= 4 is 7.12 Å². The third-order valence-corrected chi connectivity index (χ3v) is 7.19. The summed E-state index contributed by atoms with van der Waals surface area (Å²) in [6.45, 7) is 8.03. The van der Waals surface area contributed by atoms with Crippen molar-refractivity contribution in [3.8, 4) is 0 Å². The van der Waals surface area contributed by atoms with Gasteiger partial charge < -0.3 is 14.2 Å². The molecule has 4 atom stereocenters. The Bertz CT molecular complexity index is 519. The molecule has 0 unspecified atom stereocenters. The molecule has 5 aliphatic carbocycles. The van der Waals surface area contributed by atoms with Crippen molar-refractivity contribution in [2.75, 3.05) is 20.6 Å². The van der Waals surface area contributed by atoms with Crippen LogP contribution in [0, 0.1) is 80.4 Å². The Hall–Kier alpha value is 0.464. The van der Waals surface area contributed by atoms with Gasteiger partial charge in [-0.05, 0) is 108 Å². The Morgan fingerprint density at radius 3 is 2.21 bits per heavy atom. The fraction of sp³-hybridized carbons (Fsp3) is 0.565. The van der Waals surface area contributed by atoms with Crippen molar-refractivity contribution < 1.29 is 26.4 Å². The normalized spacial score (nSPS) is 39.2. The number of nitrogens with zero attached hydrogens (tertiary/aromatic N) is 1. The first-order chi connectivity index (χ1) is 12.8. The molecule has 6 fully saturated rings. The summed E-state index contributed by atoms with van der Waals surface area (Å²) in [5.41, 5.74) is 0.289. The first-order valence-electron chi connectivity index (χ1n) is 10.2. The Labute approximate surface area is 184 Å². The van der Waals surface area contributed by atoms with Crippen LogP contribution >= 0.6 is 0 Å². The van der Waals surface area contributed by atoms with Crippen molar-refractivity contribution in [3.05, 3.63) is 63.1 Å². The summed E-state index contributed by atoms with van der Waals surface area (Å²) >= 11 is 0. The smallest absolute Gasteiger partial charge is 0.405 e. The maximum atomic E-state index is 6.56. The van der Waals surface area contributed by atoms with Gasteiger partial charge in [0.15, 0.2) is 0 Å². The monoisotopic (exact) mass is 421 g/mol. The van der Waals surface area contributed by atoms with E-state index in [1.54, 1.807) is 0 Å². The third kappa shape index (κ3) is 4.13. The predicted molar refractivity (Wildman–Crippen MR) is 110 cm³/mol. The molecule has 2 bridgehead atoms. The largest absolute Gasteiger partial charge is 2.00 e. The zero-order chi connectivity index (χ0) is 19.2. The molecule has 0 spiro atoms. The van der Waals surface area contributed by atoms with Crippen molar-refractivity contribution in [1.29, 1.82) is 0 Å². The molecule has 1 heterocycles. The average Bonchev–Trinajstić information content (AvgIpc) is 3.34. The molecule has 10 radical (unpaired) electrons. The van der Waals surface area contributed by atoms with Crippen LogP contribution in [0.3, 0.4) is 0 Å². The summed E-state index contributed by atoms with van der Waals surface area (Å²) in [7, 11) is 4.02. The van der Waals surface area contributed by atoms with Gasteiger partial charge in [0.25, 0.3) is 0 Å². The average molecular weight is 421 g/mol. The molecular formula is C23H32BFeNO2+2. The minimum atomic E-state index is -0.185. The van der Waals surface area contributed by atoms with E-state index in [2.05, 4.69) is 59.0 Å². The molecule has 0 aromatic heterocycles. The quantitative estimate of drug-likeness (QED) is 0.651. The van der Waals surface area contributed by atoms with E-state index < -0.39 is 0 Å². The molecule has 5 heteroatoms. The van der Waals surface area contributed by atoms with Crippen LogP contribution in [0.15, 0.2) is 0 Å². The van der Waals surface area contributed by atoms with Gasteiger partial charge in [0.2, 0.25) is 0 Å². The van der Waals surface area contributed by atoms with Gasteiger partial charge in [-0.2, -0.15) is 0 Å². The van der Waals surface area contributed by atoms with E-state index in [-0.39, 0.29) is 35.9 Å². The summed E-state index contributed by atoms with van der Waals surface area (Å²) in [4.78, 5) is 2.20. The van der Waals surface area contributed by atoms with Gasteiger partial charge in [0.1, 0.15) is 0 Å². The minimum absolute atomic E-state index is 0. The van der Waals surface area contributed by atoms with Crippen LogP contribution in [0.2, 0.25) is 0 Å². The van der Waals surface area contributed by atoms with Gasteiger partial charge >= 0.3 is 24.2 Å². The second kappa shape index (κ2) is 8.91. The van der Waals surface area contributed by atoms with Crippen LogP contribution in [0.5, 0.6) is 0 Å². The van der Waals surface area contributed by atoms with Gasteiger partial charge in [-0.25, -0.2) is 0 Å². The second-order valence-electron chi connectivity index (χ2n) is 9.51. The molecule has 6 aliphatic rings. The Balaban J connectivity index is 0.000000329. The van der Waals surface area contributed by atoms with Crippen molar-refractivity contribution in [1.82, 2.24) is 4.90 Å². The summed E-state index contributed by atoms with van der Waals surface area (Å²) < 4.78 is 13.0. The van der Waals surface area contributed by atoms with E-state index in [4.69, 9.17) is 9.31 Å². The third-order valence-electron chi connectivity index (χ3n) is 7.19. The number of hydrogen-bond donors (Lipinski definition) is 0. The number of rotatable bonds is 3. The van der Waals surface area contributed by atoms with Crippen LogP contribution in [0.1, 0.15) is 33.6 Å². The topological polar surface area (TPSA) is 21.7 Å². The molecule has 5 saturated carbocycles. The molecule has 3 nitrogen and oxygen atoms in total. The molecule has 150 valence electrons. The van der Waals surface area contributed by atoms with Gasteiger partial charge in [-0.15, -0.1) is 0 Å². The Kier molecular flexibility index (Phi) is 7.36. The van der Waals surface area contributed by atoms with Crippen molar-refractivity contribution in [2.45, 2.75) is 45.3 Å². The van der Waals surface area contributed by atoms with Crippen molar-refractivity contribution in [2.24, 2.45) is 17.3 Å². The summed E-state index contributed by atoms with van der Waals surface area (Å²) in [6.07, 6.45) is 19.2. The molecule has 28 heavy (non-hydrogen) atoms.